The van der Waals surface area contributed by atoms with Crippen LogP contribution in [0.1, 0.15) is 52.4 Å². The Morgan fingerprint density at radius 1 is 1.45 bits per heavy atom. The third-order valence-corrected chi connectivity index (χ3v) is 4.74. The van der Waals surface area contributed by atoms with Crippen molar-refractivity contribution in [2.45, 2.75) is 57.9 Å². The highest BCUT2D eigenvalue weighted by molar-refractivity contribution is 5.79. The Morgan fingerprint density at radius 3 is 2.91 bits per heavy atom. The molecule has 1 atom stereocenters. The molecule has 2 aliphatic rings. The number of hydrogen-bond donors (Lipinski definition) is 1. The third kappa shape index (κ3) is 2.30. The predicted molar refractivity (Wildman–Crippen MR) is 83.2 cm³/mol. The van der Waals surface area contributed by atoms with Gasteiger partial charge in [-0.15, -0.1) is 0 Å². The molecule has 0 amide bonds. The van der Waals surface area contributed by atoms with Crippen LogP contribution in [0, 0.1) is 5.92 Å². The van der Waals surface area contributed by atoms with Crippen LogP contribution in [-0.2, 0) is 15.1 Å². The van der Waals surface area contributed by atoms with E-state index in [4.69, 9.17) is 4.74 Å². The Balaban J connectivity index is 2.11. The summed E-state index contributed by atoms with van der Waals surface area (Å²) in [5, 5.41) is 7.72. The van der Waals surface area contributed by atoms with Gasteiger partial charge in [0.25, 0.3) is 0 Å². The highest BCUT2D eigenvalue weighted by atomic mass is 16.5. The normalized spacial score (nSPS) is 24.8. The van der Waals surface area contributed by atoms with Gasteiger partial charge < -0.3 is 10.1 Å². The molecule has 1 spiro atoms. The molecule has 0 saturated heterocycles. The number of allylic oxidation sites excluding steroid dienone is 1. The molecule has 6 heteroatoms. The average Bonchev–Trinajstić information content (AvgIpc) is 2.98. The smallest absolute Gasteiger partial charge is 0.317 e. The van der Waals surface area contributed by atoms with Crippen molar-refractivity contribution < 1.29 is 9.53 Å². The summed E-state index contributed by atoms with van der Waals surface area (Å²) in [6, 6.07) is 0. The summed E-state index contributed by atoms with van der Waals surface area (Å²) in [7, 11) is 0. The van der Waals surface area contributed by atoms with E-state index in [1.54, 1.807) is 6.33 Å². The predicted octanol–water partition coefficient (Wildman–Crippen LogP) is 2.84. The van der Waals surface area contributed by atoms with Crippen LogP contribution in [0.15, 0.2) is 18.1 Å². The maximum absolute atomic E-state index is 12.7. The molecule has 1 fully saturated rings. The number of nitrogens with one attached hydrogen (secondary N) is 1. The number of hydrogen-bond acceptors (Lipinski definition) is 5. The number of aromatic nitrogens is 3. The van der Waals surface area contributed by atoms with Crippen LogP contribution in [0.3, 0.4) is 0 Å². The van der Waals surface area contributed by atoms with Crippen LogP contribution in [0.4, 0.5) is 5.95 Å². The molecule has 0 aromatic carbocycles. The molecule has 120 valence electrons. The van der Waals surface area contributed by atoms with Gasteiger partial charge in [0.1, 0.15) is 12.2 Å². The zero-order chi connectivity index (χ0) is 15.6. The molecule has 0 radical (unpaired) electrons. The van der Waals surface area contributed by atoms with Gasteiger partial charge in [-0.25, -0.2) is 4.68 Å². The lowest BCUT2D eigenvalue weighted by molar-refractivity contribution is -0.152. The van der Waals surface area contributed by atoms with Crippen molar-refractivity contribution in [3.8, 4) is 0 Å². The van der Waals surface area contributed by atoms with E-state index < -0.39 is 0 Å². The fourth-order valence-electron chi connectivity index (χ4n) is 3.89. The van der Waals surface area contributed by atoms with E-state index in [1.807, 2.05) is 11.6 Å². The van der Waals surface area contributed by atoms with E-state index >= 15 is 0 Å². The number of esters is 1. The van der Waals surface area contributed by atoms with Gasteiger partial charge in [-0.1, -0.05) is 32.3 Å². The maximum Gasteiger partial charge on any atom is 0.317 e. The van der Waals surface area contributed by atoms with Crippen molar-refractivity contribution in [1.29, 1.82) is 0 Å². The fourth-order valence-corrected chi connectivity index (χ4v) is 3.89. The molecule has 3 rings (SSSR count). The van der Waals surface area contributed by atoms with Crippen molar-refractivity contribution in [3.05, 3.63) is 18.1 Å². The number of carbonyl (C=O) groups excluding carboxylic acids is 1. The molecule has 1 saturated carbocycles. The summed E-state index contributed by atoms with van der Waals surface area (Å²) in [5.41, 5.74) is 0.589. The summed E-state index contributed by atoms with van der Waals surface area (Å²) in [4.78, 5) is 17.1. The molecule has 1 aromatic heterocycles. The van der Waals surface area contributed by atoms with E-state index in [1.165, 1.54) is 6.42 Å². The Hall–Kier alpha value is -1.85. The SMILES string of the molecule is CC/C=C1/Nc2ncnn2C2(CCCCC2)[C@H]1C(=O)OCC. The van der Waals surface area contributed by atoms with Crippen molar-refractivity contribution in [2.24, 2.45) is 5.92 Å². The van der Waals surface area contributed by atoms with E-state index in [9.17, 15) is 4.79 Å². The van der Waals surface area contributed by atoms with Crippen LogP contribution >= 0.6 is 0 Å². The fraction of sp³-hybridized carbons (Fsp3) is 0.688. The van der Waals surface area contributed by atoms with Gasteiger partial charge in [0, 0.05) is 5.70 Å². The van der Waals surface area contributed by atoms with Crippen molar-refractivity contribution in [2.75, 3.05) is 11.9 Å². The van der Waals surface area contributed by atoms with Gasteiger partial charge in [-0.05, 0) is 26.2 Å². The first-order valence-corrected chi connectivity index (χ1v) is 8.27. The average molecular weight is 304 g/mol. The molecule has 6 nitrogen and oxygen atoms in total. The van der Waals surface area contributed by atoms with E-state index in [2.05, 4.69) is 28.4 Å². The van der Waals surface area contributed by atoms with Gasteiger partial charge in [0.2, 0.25) is 5.95 Å². The van der Waals surface area contributed by atoms with Gasteiger partial charge in [-0.2, -0.15) is 10.1 Å². The van der Waals surface area contributed by atoms with Crippen molar-refractivity contribution >= 4 is 11.9 Å². The topological polar surface area (TPSA) is 69.0 Å². The highest BCUT2D eigenvalue weighted by Crippen LogP contribution is 2.48. The van der Waals surface area contributed by atoms with Gasteiger partial charge in [-0.3, -0.25) is 4.79 Å². The summed E-state index contributed by atoms with van der Waals surface area (Å²) >= 11 is 0. The number of anilines is 1. The lowest BCUT2D eigenvalue weighted by Crippen LogP contribution is -2.52. The summed E-state index contributed by atoms with van der Waals surface area (Å²) < 4.78 is 7.33. The van der Waals surface area contributed by atoms with Gasteiger partial charge in [0.05, 0.1) is 12.1 Å². The minimum atomic E-state index is -0.331. The second kappa shape index (κ2) is 6.10. The number of rotatable bonds is 3. The Morgan fingerprint density at radius 2 is 2.23 bits per heavy atom. The maximum atomic E-state index is 12.7. The zero-order valence-electron chi connectivity index (χ0n) is 13.3. The number of ether oxygens (including phenoxy) is 1. The van der Waals surface area contributed by atoms with Crippen LogP contribution < -0.4 is 5.32 Å². The second-order valence-corrected chi connectivity index (χ2v) is 6.04. The van der Waals surface area contributed by atoms with Crippen LogP contribution in [0.5, 0.6) is 0 Å². The molecular formula is C16H24N4O2. The second-order valence-electron chi connectivity index (χ2n) is 6.04. The van der Waals surface area contributed by atoms with E-state index in [0.29, 0.717) is 6.61 Å². The minimum absolute atomic E-state index is 0.155. The largest absolute Gasteiger partial charge is 0.465 e. The first kappa shape index (κ1) is 15.1. The molecule has 0 unspecified atom stereocenters. The molecule has 22 heavy (non-hydrogen) atoms. The van der Waals surface area contributed by atoms with Crippen molar-refractivity contribution in [1.82, 2.24) is 14.8 Å². The van der Waals surface area contributed by atoms with Crippen LogP contribution in [0.25, 0.3) is 0 Å². The Labute approximate surface area is 130 Å². The monoisotopic (exact) mass is 304 g/mol. The van der Waals surface area contributed by atoms with Crippen LogP contribution in [-0.4, -0.2) is 27.3 Å². The molecular weight excluding hydrogens is 280 g/mol. The molecule has 0 bridgehead atoms. The standard InChI is InChI=1S/C16H24N4O2/c1-3-8-12-13(14(21)22-4-2)16(9-6-5-7-10-16)20-15(19-12)17-11-18-20/h8,11,13H,3-7,9-10H2,1-2H3,(H,17,18,19)/b12-8+/t13-/m1/s1. The molecule has 1 aliphatic heterocycles. The molecule has 1 aliphatic carbocycles. The van der Waals surface area contributed by atoms with E-state index in [0.717, 1.165) is 43.7 Å². The summed E-state index contributed by atoms with van der Waals surface area (Å²) in [6.45, 7) is 4.32. The van der Waals surface area contributed by atoms with Gasteiger partial charge in [0.15, 0.2) is 0 Å². The lowest BCUT2D eigenvalue weighted by Gasteiger charge is -2.46. The minimum Gasteiger partial charge on any atom is -0.465 e. The Bertz CT molecular complexity index is 572. The molecule has 2 heterocycles. The quantitative estimate of drug-likeness (QED) is 0.870. The number of carbonyl (C=O) groups is 1. The number of fused-ring (bicyclic) bond motifs is 2. The highest BCUT2D eigenvalue weighted by Gasteiger charge is 2.52. The zero-order valence-corrected chi connectivity index (χ0v) is 13.3. The summed E-state index contributed by atoms with van der Waals surface area (Å²) in [5.74, 6) is 0.266. The first-order chi connectivity index (χ1) is 10.7. The lowest BCUT2D eigenvalue weighted by atomic mass is 9.70. The van der Waals surface area contributed by atoms with Gasteiger partial charge >= 0.3 is 5.97 Å². The number of nitrogens with zero attached hydrogens (tertiary/aromatic N) is 3. The molecule has 1 aromatic rings. The van der Waals surface area contributed by atoms with Crippen molar-refractivity contribution in [3.63, 3.8) is 0 Å². The van der Waals surface area contributed by atoms with E-state index in [-0.39, 0.29) is 17.4 Å². The first-order valence-electron chi connectivity index (χ1n) is 8.27. The summed E-state index contributed by atoms with van der Waals surface area (Å²) in [6.07, 6.45) is 9.81. The third-order valence-electron chi connectivity index (χ3n) is 4.74. The molecule has 1 N–H and O–H groups in total. The Kier molecular flexibility index (Phi) is 4.18. The van der Waals surface area contributed by atoms with Crippen LogP contribution in [0.2, 0.25) is 0 Å².